The van der Waals surface area contributed by atoms with E-state index in [-0.39, 0.29) is 11.8 Å². The minimum atomic E-state index is -0.155. The zero-order valence-corrected chi connectivity index (χ0v) is 19.1. The monoisotopic (exact) mass is 472 g/mol. The minimum Gasteiger partial charge on any atom is -0.493 e. The third-order valence-electron chi connectivity index (χ3n) is 4.70. The first-order valence-electron chi connectivity index (χ1n) is 9.64. The fourth-order valence-electron chi connectivity index (χ4n) is 3.24. The number of methoxy groups -OCH3 is 2. The third-order valence-corrected chi connectivity index (χ3v) is 5.43. The topological polar surface area (TPSA) is 78.3 Å². The van der Waals surface area contributed by atoms with Crippen LogP contribution < -0.4 is 14.8 Å². The number of carbonyl (C=O) groups is 1. The Morgan fingerprint density at radius 3 is 2.57 bits per heavy atom. The van der Waals surface area contributed by atoms with Crippen LogP contribution in [0.4, 0.5) is 0 Å². The lowest BCUT2D eigenvalue weighted by Crippen LogP contribution is -2.27. The molecule has 0 fully saturated rings. The van der Waals surface area contributed by atoms with Gasteiger partial charge >= 0.3 is 0 Å². The van der Waals surface area contributed by atoms with Crippen molar-refractivity contribution in [2.45, 2.75) is 26.2 Å². The number of aromatic nitrogens is 3. The van der Waals surface area contributed by atoms with Gasteiger partial charge in [-0.1, -0.05) is 35.8 Å². The predicted octanol–water partition coefficient (Wildman–Crippen LogP) is 4.14. The van der Waals surface area contributed by atoms with E-state index in [0.29, 0.717) is 35.8 Å². The molecule has 30 heavy (non-hydrogen) atoms. The Morgan fingerprint density at radius 1 is 1.20 bits per heavy atom. The molecule has 0 aliphatic heterocycles. The predicted molar refractivity (Wildman–Crippen MR) is 119 cm³/mol. The van der Waals surface area contributed by atoms with Gasteiger partial charge in [0.05, 0.1) is 31.7 Å². The number of rotatable bonds is 8. The molecule has 2 heterocycles. The summed E-state index contributed by atoms with van der Waals surface area (Å²) >= 11 is 3.55. The van der Waals surface area contributed by atoms with Crippen molar-refractivity contribution in [3.63, 3.8) is 0 Å². The van der Waals surface area contributed by atoms with Crippen LogP contribution >= 0.6 is 15.9 Å². The van der Waals surface area contributed by atoms with Crippen molar-refractivity contribution in [2.24, 2.45) is 0 Å². The molecule has 2 aromatic heterocycles. The van der Waals surface area contributed by atoms with Gasteiger partial charge in [0.2, 0.25) is 0 Å². The van der Waals surface area contributed by atoms with E-state index in [1.807, 2.05) is 44.2 Å². The maximum atomic E-state index is 12.9. The van der Waals surface area contributed by atoms with Gasteiger partial charge < -0.3 is 14.8 Å². The van der Waals surface area contributed by atoms with Gasteiger partial charge in [-0.25, -0.2) is 9.67 Å². The Hall–Kier alpha value is -2.87. The summed E-state index contributed by atoms with van der Waals surface area (Å²) in [5.41, 5.74) is 2.40. The lowest BCUT2D eigenvalue weighted by Gasteiger charge is -2.13. The van der Waals surface area contributed by atoms with E-state index in [9.17, 15) is 4.79 Å². The van der Waals surface area contributed by atoms with Crippen molar-refractivity contribution in [3.05, 3.63) is 64.0 Å². The Kier molecular flexibility index (Phi) is 7.10. The number of carbonyl (C=O) groups excluding carboxylic acids is 1. The van der Waals surface area contributed by atoms with E-state index in [4.69, 9.17) is 9.47 Å². The Balaban J connectivity index is 1.74. The van der Waals surface area contributed by atoms with Gasteiger partial charge in [-0.3, -0.25) is 4.79 Å². The first-order valence-corrected chi connectivity index (χ1v) is 10.4. The molecule has 0 radical (unpaired) electrons. The second-order valence-corrected chi connectivity index (χ2v) is 7.86. The molecular formula is C22H25BrN4O3. The number of benzene rings is 1. The molecule has 0 saturated carbocycles. The highest BCUT2D eigenvalue weighted by molar-refractivity contribution is 9.10. The Bertz CT molecular complexity index is 1020. The molecule has 3 rings (SSSR count). The quantitative estimate of drug-likeness (QED) is 0.532. The number of halogens is 1. The number of hydrogen-bond acceptors (Lipinski definition) is 5. The molecule has 0 unspecified atom stereocenters. The zero-order valence-electron chi connectivity index (χ0n) is 17.5. The average Bonchev–Trinajstić information content (AvgIpc) is 3.20. The summed E-state index contributed by atoms with van der Waals surface area (Å²) in [6, 6.07) is 9.39. The highest BCUT2D eigenvalue weighted by Gasteiger charge is 2.21. The maximum Gasteiger partial charge on any atom is 0.254 e. The summed E-state index contributed by atoms with van der Waals surface area (Å²) in [5.74, 6) is 1.95. The lowest BCUT2D eigenvalue weighted by molar-refractivity contribution is 0.0952. The second-order valence-electron chi connectivity index (χ2n) is 7.00. The van der Waals surface area contributed by atoms with Crippen LogP contribution in [0.3, 0.4) is 0 Å². The number of pyridine rings is 1. The lowest BCUT2D eigenvalue weighted by atomic mass is 10.1. The summed E-state index contributed by atoms with van der Waals surface area (Å²) in [7, 11) is 3.20. The Morgan fingerprint density at radius 2 is 1.93 bits per heavy atom. The van der Waals surface area contributed by atoms with Crippen LogP contribution in [0.2, 0.25) is 0 Å². The van der Waals surface area contributed by atoms with Crippen molar-refractivity contribution in [1.82, 2.24) is 20.1 Å². The molecule has 0 aliphatic carbocycles. The van der Waals surface area contributed by atoms with Gasteiger partial charge in [0.1, 0.15) is 0 Å². The molecule has 3 aromatic rings. The van der Waals surface area contributed by atoms with Gasteiger partial charge in [0.15, 0.2) is 17.3 Å². The fraction of sp³-hybridized carbons (Fsp3) is 0.318. The fourth-order valence-corrected chi connectivity index (χ4v) is 3.76. The summed E-state index contributed by atoms with van der Waals surface area (Å²) in [4.78, 5) is 17.2. The van der Waals surface area contributed by atoms with Gasteiger partial charge in [-0.2, -0.15) is 5.10 Å². The number of ether oxygens (including phenoxy) is 2. The van der Waals surface area contributed by atoms with E-state index in [1.54, 1.807) is 31.3 Å². The van der Waals surface area contributed by atoms with Crippen LogP contribution in [0, 0.1) is 0 Å². The maximum absolute atomic E-state index is 12.9. The average molecular weight is 473 g/mol. The van der Waals surface area contributed by atoms with Crippen molar-refractivity contribution in [1.29, 1.82) is 0 Å². The minimum absolute atomic E-state index is 0.107. The summed E-state index contributed by atoms with van der Waals surface area (Å²) in [6.07, 6.45) is 3.95. The Labute approximate surface area is 184 Å². The van der Waals surface area contributed by atoms with Gasteiger partial charge in [0, 0.05) is 17.2 Å². The molecular weight excluding hydrogens is 448 g/mol. The third kappa shape index (κ3) is 4.64. The van der Waals surface area contributed by atoms with Crippen LogP contribution in [-0.2, 0) is 6.42 Å². The molecule has 0 saturated heterocycles. The van der Waals surface area contributed by atoms with Crippen molar-refractivity contribution >= 4 is 21.8 Å². The molecule has 8 heteroatoms. The highest BCUT2D eigenvalue weighted by atomic mass is 79.9. The van der Waals surface area contributed by atoms with E-state index in [1.165, 1.54) is 0 Å². The van der Waals surface area contributed by atoms with Crippen molar-refractivity contribution in [3.8, 4) is 17.3 Å². The van der Waals surface area contributed by atoms with E-state index in [2.05, 4.69) is 31.3 Å². The molecule has 0 spiro atoms. The molecule has 0 bridgehead atoms. The molecule has 158 valence electrons. The summed E-state index contributed by atoms with van der Waals surface area (Å²) in [6.45, 7) is 4.54. The summed E-state index contributed by atoms with van der Waals surface area (Å²) in [5, 5.41) is 7.40. The highest BCUT2D eigenvalue weighted by Crippen LogP contribution is 2.33. The second kappa shape index (κ2) is 9.75. The molecule has 0 atom stereocenters. The number of nitrogens with one attached hydrogen (secondary N) is 1. The number of nitrogens with zero attached hydrogens (tertiary/aromatic N) is 3. The molecule has 1 N–H and O–H groups in total. The SMILES string of the molecule is COc1cc(Br)c(CCNC(=O)c2cnn(-c3ccccn3)c2C(C)C)cc1OC. The number of amides is 1. The van der Waals surface area contributed by atoms with Crippen LogP contribution in [0.15, 0.2) is 47.2 Å². The van der Waals surface area contributed by atoms with Gasteiger partial charge in [-0.15, -0.1) is 0 Å². The smallest absolute Gasteiger partial charge is 0.254 e. The molecule has 1 aromatic carbocycles. The van der Waals surface area contributed by atoms with E-state index >= 15 is 0 Å². The van der Waals surface area contributed by atoms with Crippen LogP contribution in [-0.4, -0.2) is 41.4 Å². The molecule has 7 nitrogen and oxygen atoms in total. The zero-order chi connectivity index (χ0) is 21.7. The first-order chi connectivity index (χ1) is 14.5. The van der Waals surface area contributed by atoms with Gasteiger partial charge in [-0.05, 0) is 42.2 Å². The standard InChI is InChI=1S/C22H25BrN4O3/c1-14(2)21-16(13-26-27(21)20-7-5-6-9-24-20)22(28)25-10-8-15-11-18(29-3)19(30-4)12-17(15)23/h5-7,9,11-14H,8,10H2,1-4H3,(H,25,28). The largest absolute Gasteiger partial charge is 0.493 e. The molecule has 0 aliphatic rings. The van der Waals surface area contributed by atoms with Gasteiger partial charge in [0.25, 0.3) is 5.91 Å². The summed E-state index contributed by atoms with van der Waals surface area (Å²) < 4.78 is 13.3. The van der Waals surface area contributed by atoms with Crippen LogP contribution in [0.5, 0.6) is 11.5 Å². The normalized spacial score (nSPS) is 10.9. The first kappa shape index (κ1) is 21.8. The van der Waals surface area contributed by atoms with E-state index < -0.39 is 0 Å². The van der Waals surface area contributed by atoms with Crippen molar-refractivity contribution in [2.75, 3.05) is 20.8 Å². The number of hydrogen-bond donors (Lipinski definition) is 1. The molecule has 1 amide bonds. The van der Waals surface area contributed by atoms with E-state index in [0.717, 1.165) is 15.7 Å². The van der Waals surface area contributed by atoms with Crippen molar-refractivity contribution < 1.29 is 14.3 Å². The van der Waals surface area contributed by atoms with Crippen LogP contribution in [0.1, 0.15) is 41.4 Å². The van der Waals surface area contributed by atoms with Crippen LogP contribution in [0.25, 0.3) is 5.82 Å².